The largest absolute Gasteiger partial charge is 0.507 e. The number of anilines is 1. The van der Waals surface area contributed by atoms with Gasteiger partial charge < -0.3 is 15.2 Å². The van der Waals surface area contributed by atoms with Gasteiger partial charge in [-0.15, -0.1) is 0 Å². The third-order valence-corrected chi connectivity index (χ3v) is 4.49. The van der Waals surface area contributed by atoms with Crippen LogP contribution in [0.3, 0.4) is 0 Å². The van der Waals surface area contributed by atoms with Crippen molar-refractivity contribution in [1.29, 1.82) is 0 Å². The van der Waals surface area contributed by atoms with Gasteiger partial charge in [0.15, 0.2) is 6.10 Å². The van der Waals surface area contributed by atoms with E-state index in [0.29, 0.717) is 15.7 Å². The summed E-state index contributed by atoms with van der Waals surface area (Å²) in [6, 6.07) is 14.9. The van der Waals surface area contributed by atoms with Crippen molar-refractivity contribution in [2.75, 3.05) is 5.32 Å². The van der Waals surface area contributed by atoms with E-state index in [-0.39, 0.29) is 11.3 Å². The molecular weight excluding hydrogens is 389 g/mol. The predicted octanol–water partition coefficient (Wildman–Crippen LogP) is 5.04. The Hall–Kier alpha value is -2.76. The zero-order chi connectivity index (χ0) is 19.6. The smallest absolute Gasteiger partial charge is 0.342 e. The summed E-state index contributed by atoms with van der Waals surface area (Å²) in [7, 11) is 0. The number of carbonyl (C=O) groups is 2. The molecule has 2 N–H and O–H groups in total. The molecule has 5 nitrogen and oxygen atoms in total. The molecule has 0 saturated heterocycles. The molecule has 0 spiro atoms. The lowest BCUT2D eigenvalue weighted by molar-refractivity contribution is -0.123. The van der Waals surface area contributed by atoms with Crippen molar-refractivity contribution in [2.24, 2.45) is 0 Å². The fraction of sp³-hybridized carbons (Fsp3) is 0.100. The number of nitrogens with one attached hydrogen (secondary N) is 1. The van der Waals surface area contributed by atoms with Crippen LogP contribution in [0.2, 0.25) is 10.0 Å². The number of aromatic hydroxyl groups is 1. The first-order valence-electron chi connectivity index (χ1n) is 8.04. The molecule has 0 aliphatic heterocycles. The van der Waals surface area contributed by atoms with E-state index >= 15 is 0 Å². The first-order valence-corrected chi connectivity index (χ1v) is 8.79. The summed E-state index contributed by atoms with van der Waals surface area (Å²) in [4.78, 5) is 24.7. The number of amides is 1. The van der Waals surface area contributed by atoms with Crippen LogP contribution in [-0.4, -0.2) is 23.1 Å². The molecule has 0 fully saturated rings. The van der Waals surface area contributed by atoms with Crippen LogP contribution < -0.4 is 5.32 Å². The second-order valence-electron chi connectivity index (χ2n) is 5.88. The number of hydrogen-bond donors (Lipinski definition) is 2. The van der Waals surface area contributed by atoms with E-state index in [1.165, 1.54) is 25.1 Å². The number of phenolic OH excluding ortho intramolecular Hbond substituents is 1. The van der Waals surface area contributed by atoms with Crippen molar-refractivity contribution in [3.8, 4) is 5.75 Å². The van der Waals surface area contributed by atoms with E-state index in [2.05, 4.69) is 5.32 Å². The quantitative estimate of drug-likeness (QED) is 0.598. The molecular formula is C20H15Cl2NO4. The van der Waals surface area contributed by atoms with E-state index < -0.39 is 18.0 Å². The maximum atomic E-state index is 12.4. The maximum Gasteiger partial charge on any atom is 0.342 e. The second kappa shape index (κ2) is 7.86. The van der Waals surface area contributed by atoms with E-state index in [1.807, 2.05) is 24.3 Å². The summed E-state index contributed by atoms with van der Waals surface area (Å²) in [5, 5.41) is 14.9. The molecule has 27 heavy (non-hydrogen) atoms. The average molecular weight is 404 g/mol. The number of esters is 1. The zero-order valence-electron chi connectivity index (χ0n) is 14.2. The minimum absolute atomic E-state index is 0.0193. The van der Waals surface area contributed by atoms with Crippen LogP contribution in [0.15, 0.2) is 54.6 Å². The van der Waals surface area contributed by atoms with Gasteiger partial charge in [-0.2, -0.15) is 0 Å². The van der Waals surface area contributed by atoms with E-state index in [1.54, 1.807) is 12.1 Å². The molecule has 3 aromatic rings. The molecule has 0 saturated carbocycles. The Morgan fingerprint density at radius 1 is 1.04 bits per heavy atom. The van der Waals surface area contributed by atoms with Crippen LogP contribution in [0.25, 0.3) is 10.8 Å². The molecule has 0 unspecified atom stereocenters. The number of carbonyl (C=O) groups excluding carboxylic acids is 2. The summed E-state index contributed by atoms with van der Waals surface area (Å²) in [5.74, 6) is -1.60. The summed E-state index contributed by atoms with van der Waals surface area (Å²) < 4.78 is 5.18. The third kappa shape index (κ3) is 4.32. The third-order valence-electron chi connectivity index (χ3n) is 3.92. The van der Waals surface area contributed by atoms with Gasteiger partial charge in [-0.25, -0.2) is 4.79 Å². The van der Waals surface area contributed by atoms with Gasteiger partial charge in [0.05, 0.1) is 10.7 Å². The highest BCUT2D eigenvalue weighted by molar-refractivity contribution is 6.35. The molecule has 0 aliphatic carbocycles. The fourth-order valence-corrected chi connectivity index (χ4v) is 2.83. The van der Waals surface area contributed by atoms with Crippen molar-refractivity contribution < 1.29 is 19.4 Å². The second-order valence-corrected chi connectivity index (χ2v) is 6.72. The Morgan fingerprint density at radius 2 is 1.70 bits per heavy atom. The molecule has 7 heteroatoms. The average Bonchev–Trinajstić information content (AvgIpc) is 2.63. The number of halogens is 2. The van der Waals surface area contributed by atoms with Crippen LogP contribution in [0.1, 0.15) is 17.3 Å². The summed E-state index contributed by atoms with van der Waals surface area (Å²) >= 11 is 11.9. The highest BCUT2D eigenvalue weighted by Gasteiger charge is 2.22. The Bertz CT molecular complexity index is 1040. The first-order chi connectivity index (χ1) is 12.8. The lowest BCUT2D eigenvalue weighted by Crippen LogP contribution is -2.30. The molecule has 0 bridgehead atoms. The number of phenols is 1. The normalized spacial score (nSPS) is 11.8. The van der Waals surface area contributed by atoms with Gasteiger partial charge in [0, 0.05) is 5.02 Å². The minimum atomic E-state index is -1.11. The van der Waals surface area contributed by atoms with E-state index in [4.69, 9.17) is 27.9 Å². The van der Waals surface area contributed by atoms with Crippen LogP contribution in [0, 0.1) is 0 Å². The molecule has 1 atom stereocenters. The van der Waals surface area contributed by atoms with Gasteiger partial charge >= 0.3 is 5.97 Å². The van der Waals surface area contributed by atoms with Crippen molar-refractivity contribution in [1.82, 2.24) is 0 Å². The van der Waals surface area contributed by atoms with Crippen molar-refractivity contribution in [2.45, 2.75) is 13.0 Å². The minimum Gasteiger partial charge on any atom is -0.507 e. The Labute approximate surface area is 165 Å². The van der Waals surface area contributed by atoms with Gasteiger partial charge in [-0.3, -0.25) is 4.79 Å². The number of rotatable bonds is 4. The van der Waals surface area contributed by atoms with E-state index in [9.17, 15) is 14.7 Å². The lowest BCUT2D eigenvalue weighted by Gasteiger charge is -2.15. The topological polar surface area (TPSA) is 75.6 Å². The highest BCUT2D eigenvalue weighted by atomic mass is 35.5. The molecule has 138 valence electrons. The SMILES string of the molecule is C[C@@H](OC(=O)c1cc2ccccc2cc1O)C(=O)Nc1cc(Cl)ccc1Cl. The number of ether oxygens (including phenoxy) is 1. The fourth-order valence-electron chi connectivity index (χ4n) is 2.50. The number of hydrogen-bond acceptors (Lipinski definition) is 4. The molecule has 1 amide bonds. The van der Waals surface area contributed by atoms with Crippen LogP contribution >= 0.6 is 23.2 Å². The standard InChI is InChI=1S/C20H15Cl2NO4/c1-11(19(25)23-17-10-14(21)6-7-16(17)22)27-20(26)15-8-12-4-2-3-5-13(12)9-18(15)24/h2-11,24H,1H3,(H,23,25)/t11-/m1/s1. The van der Waals surface area contributed by atoms with Gasteiger partial charge in [0.25, 0.3) is 5.91 Å². The molecule has 0 radical (unpaired) electrons. The summed E-state index contributed by atoms with van der Waals surface area (Å²) in [5.41, 5.74) is 0.291. The first kappa shape index (κ1) is 19.0. The zero-order valence-corrected chi connectivity index (χ0v) is 15.7. The molecule has 3 aromatic carbocycles. The lowest BCUT2D eigenvalue weighted by atomic mass is 10.1. The van der Waals surface area contributed by atoms with Crippen LogP contribution in [-0.2, 0) is 9.53 Å². The maximum absolute atomic E-state index is 12.4. The summed E-state index contributed by atoms with van der Waals surface area (Å²) in [6.07, 6.45) is -1.11. The molecule has 0 aliphatic rings. The highest BCUT2D eigenvalue weighted by Crippen LogP contribution is 2.27. The van der Waals surface area contributed by atoms with Gasteiger partial charge in [-0.1, -0.05) is 47.5 Å². The van der Waals surface area contributed by atoms with Crippen LogP contribution in [0.5, 0.6) is 5.75 Å². The van der Waals surface area contributed by atoms with Crippen molar-refractivity contribution in [3.05, 3.63) is 70.2 Å². The van der Waals surface area contributed by atoms with Gasteiger partial charge in [0.1, 0.15) is 11.3 Å². The number of fused-ring (bicyclic) bond motifs is 1. The molecule has 0 heterocycles. The monoisotopic (exact) mass is 403 g/mol. The molecule has 3 rings (SSSR count). The van der Waals surface area contributed by atoms with Crippen LogP contribution in [0.4, 0.5) is 5.69 Å². The van der Waals surface area contributed by atoms with Crippen molar-refractivity contribution in [3.63, 3.8) is 0 Å². The van der Waals surface area contributed by atoms with Gasteiger partial charge in [0.2, 0.25) is 0 Å². The Morgan fingerprint density at radius 3 is 2.41 bits per heavy atom. The summed E-state index contributed by atoms with van der Waals surface area (Å²) in [6.45, 7) is 1.42. The van der Waals surface area contributed by atoms with Crippen molar-refractivity contribution >= 4 is 51.5 Å². The van der Waals surface area contributed by atoms with Gasteiger partial charge in [-0.05, 0) is 48.0 Å². The Kier molecular flexibility index (Phi) is 5.54. The van der Waals surface area contributed by atoms with E-state index in [0.717, 1.165) is 10.8 Å². The number of benzene rings is 3. The Balaban J connectivity index is 1.74. The predicted molar refractivity (Wildman–Crippen MR) is 106 cm³/mol. The molecule has 0 aromatic heterocycles.